The van der Waals surface area contributed by atoms with Crippen LogP contribution in [0.15, 0.2) is 24.3 Å². The van der Waals surface area contributed by atoms with Crippen molar-refractivity contribution in [1.29, 1.82) is 5.26 Å². The summed E-state index contributed by atoms with van der Waals surface area (Å²) in [5.41, 5.74) is 1.12. The van der Waals surface area contributed by atoms with E-state index in [1.807, 2.05) is 11.0 Å². The highest BCUT2D eigenvalue weighted by Gasteiger charge is 2.23. The molecule has 1 aromatic rings. The topological polar surface area (TPSA) is 73.2 Å². The van der Waals surface area contributed by atoms with Crippen molar-refractivity contribution in [2.75, 3.05) is 11.9 Å². The largest absolute Gasteiger partial charge is 0.339 e. The Hall–Kier alpha value is -2.35. The molecular formula is C18H23N3O2. The molecule has 1 fully saturated rings. The first-order valence-electron chi connectivity index (χ1n) is 8.17. The average Bonchev–Trinajstić information content (AvgIpc) is 2.56. The Labute approximate surface area is 137 Å². The second-order valence-electron chi connectivity index (χ2n) is 6.00. The molecule has 0 spiro atoms. The van der Waals surface area contributed by atoms with Crippen LogP contribution in [0, 0.1) is 11.3 Å². The summed E-state index contributed by atoms with van der Waals surface area (Å²) in [6, 6.07) is 9.14. The van der Waals surface area contributed by atoms with E-state index in [-0.39, 0.29) is 24.3 Å². The number of rotatable bonds is 5. The van der Waals surface area contributed by atoms with Gasteiger partial charge in [0.2, 0.25) is 11.8 Å². The minimum absolute atomic E-state index is 0.0381. The molecule has 0 aromatic heterocycles. The lowest BCUT2D eigenvalue weighted by Gasteiger charge is -2.33. The van der Waals surface area contributed by atoms with Crippen molar-refractivity contribution < 1.29 is 9.59 Å². The molecule has 1 aliphatic rings. The van der Waals surface area contributed by atoms with Crippen molar-refractivity contribution >= 4 is 17.5 Å². The highest BCUT2D eigenvalue weighted by atomic mass is 16.2. The Bertz CT molecular complexity index is 601. The number of amides is 2. The lowest BCUT2D eigenvalue weighted by Crippen LogP contribution is -2.41. The van der Waals surface area contributed by atoms with Crippen LogP contribution in [-0.2, 0) is 9.59 Å². The summed E-state index contributed by atoms with van der Waals surface area (Å²) < 4.78 is 0. The lowest BCUT2D eigenvalue weighted by molar-refractivity contribution is -0.132. The van der Waals surface area contributed by atoms with Crippen molar-refractivity contribution in [3.63, 3.8) is 0 Å². The molecular weight excluding hydrogens is 290 g/mol. The fourth-order valence-corrected chi connectivity index (χ4v) is 3.10. The molecule has 0 saturated heterocycles. The summed E-state index contributed by atoms with van der Waals surface area (Å²) in [7, 11) is 0. The Morgan fingerprint density at radius 3 is 2.70 bits per heavy atom. The lowest BCUT2D eigenvalue weighted by atomic mass is 9.94. The van der Waals surface area contributed by atoms with E-state index in [0.717, 1.165) is 25.7 Å². The molecule has 0 atom stereocenters. The predicted octanol–water partition coefficient (Wildman–Crippen LogP) is 3.07. The van der Waals surface area contributed by atoms with Crippen LogP contribution in [0.1, 0.15) is 51.0 Å². The third-order valence-electron chi connectivity index (χ3n) is 4.28. The zero-order valence-corrected chi connectivity index (χ0v) is 13.5. The Kier molecular flexibility index (Phi) is 6.16. The van der Waals surface area contributed by atoms with E-state index in [1.54, 1.807) is 31.2 Å². The summed E-state index contributed by atoms with van der Waals surface area (Å²) in [6.07, 6.45) is 5.88. The first-order chi connectivity index (χ1) is 11.1. The van der Waals surface area contributed by atoms with Gasteiger partial charge in [0, 0.05) is 31.6 Å². The minimum atomic E-state index is -0.137. The molecule has 0 radical (unpaired) electrons. The molecule has 2 rings (SSSR count). The molecule has 0 unspecified atom stereocenters. The highest BCUT2D eigenvalue weighted by molar-refractivity contribution is 5.91. The molecule has 2 amide bonds. The van der Waals surface area contributed by atoms with Crippen LogP contribution in [0.5, 0.6) is 0 Å². The molecule has 0 heterocycles. The van der Waals surface area contributed by atoms with E-state index in [0.29, 0.717) is 17.8 Å². The average molecular weight is 313 g/mol. The standard InChI is InChI=1S/C18H23N3O2/c1-14(22)21(17-8-3-2-4-9-17)11-10-18(23)20-16-7-5-6-15(12-16)13-19/h5-7,12,17H,2-4,8-11H2,1H3,(H,20,23). The van der Waals surface area contributed by atoms with Gasteiger partial charge in [-0.25, -0.2) is 0 Å². The molecule has 1 N–H and O–H groups in total. The fourth-order valence-electron chi connectivity index (χ4n) is 3.10. The quantitative estimate of drug-likeness (QED) is 0.908. The second-order valence-corrected chi connectivity index (χ2v) is 6.00. The first kappa shape index (κ1) is 17.0. The van der Waals surface area contributed by atoms with Gasteiger partial charge in [0.25, 0.3) is 0 Å². The van der Waals surface area contributed by atoms with Gasteiger partial charge in [0.15, 0.2) is 0 Å². The van der Waals surface area contributed by atoms with Crippen LogP contribution < -0.4 is 5.32 Å². The number of carbonyl (C=O) groups is 2. The maximum atomic E-state index is 12.1. The summed E-state index contributed by atoms with van der Waals surface area (Å²) >= 11 is 0. The molecule has 23 heavy (non-hydrogen) atoms. The zero-order valence-electron chi connectivity index (χ0n) is 13.5. The van der Waals surface area contributed by atoms with Crippen LogP contribution in [0.4, 0.5) is 5.69 Å². The fraction of sp³-hybridized carbons (Fsp3) is 0.500. The number of hydrogen-bond donors (Lipinski definition) is 1. The van der Waals surface area contributed by atoms with E-state index in [4.69, 9.17) is 5.26 Å². The van der Waals surface area contributed by atoms with Gasteiger partial charge in [-0.2, -0.15) is 5.26 Å². The first-order valence-corrected chi connectivity index (χ1v) is 8.17. The Morgan fingerprint density at radius 2 is 2.04 bits per heavy atom. The van der Waals surface area contributed by atoms with Gasteiger partial charge in [-0.15, -0.1) is 0 Å². The van der Waals surface area contributed by atoms with Crippen molar-refractivity contribution in [1.82, 2.24) is 4.90 Å². The van der Waals surface area contributed by atoms with Gasteiger partial charge in [-0.1, -0.05) is 25.3 Å². The molecule has 1 saturated carbocycles. The number of nitrogens with zero attached hydrogens (tertiary/aromatic N) is 2. The SMILES string of the molecule is CC(=O)N(CCC(=O)Nc1cccc(C#N)c1)C1CCCCC1. The number of benzene rings is 1. The van der Waals surface area contributed by atoms with E-state index in [2.05, 4.69) is 5.32 Å². The van der Waals surface area contributed by atoms with Crippen LogP contribution in [0.3, 0.4) is 0 Å². The molecule has 5 heteroatoms. The second kappa shape index (κ2) is 8.33. The molecule has 122 valence electrons. The number of hydrogen-bond acceptors (Lipinski definition) is 3. The predicted molar refractivity (Wildman–Crippen MR) is 88.7 cm³/mol. The van der Waals surface area contributed by atoms with Crippen LogP contribution in [0.2, 0.25) is 0 Å². The van der Waals surface area contributed by atoms with Crippen molar-refractivity contribution in [3.05, 3.63) is 29.8 Å². The van der Waals surface area contributed by atoms with Gasteiger partial charge in [-0.3, -0.25) is 9.59 Å². The molecule has 1 aromatic carbocycles. The third-order valence-corrected chi connectivity index (χ3v) is 4.28. The number of anilines is 1. The maximum absolute atomic E-state index is 12.1. The maximum Gasteiger partial charge on any atom is 0.226 e. The molecule has 5 nitrogen and oxygen atoms in total. The third kappa shape index (κ3) is 5.10. The van der Waals surface area contributed by atoms with Crippen LogP contribution >= 0.6 is 0 Å². The molecule has 1 aliphatic carbocycles. The van der Waals surface area contributed by atoms with Gasteiger partial charge < -0.3 is 10.2 Å². The smallest absolute Gasteiger partial charge is 0.226 e. The van der Waals surface area contributed by atoms with E-state index in [1.165, 1.54) is 6.42 Å². The van der Waals surface area contributed by atoms with Crippen LogP contribution in [-0.4, -0.2) is 29.3 Å². The Morgan fingerprint density at radius 1 is 1.30 bits per heavy atom. The van der Waals surface area contributed by atoms with Crippen molar-refractivity contribution in [2.45, 2.75) is 51.5 Å². The van der Waals surface area contributed by atoms with E-state index < -0.39 is 0 Å². The van der Waals surface area contributed by atoms with E-state index >= 15 is 0 Å². The summed E-state index contributed by atoms with van der Waals surface area (Å²) in [5.74, 6) is -0.0988. The van der Waals surface area contributed by atoms with Gasteiger partial charge in [0.05, 0.1) is 11.6 Å². The zero-order chi connectivity index (χ0) is 16.7. The van der Waals surface area contributed by atoms with Gasteiger partial charge in [0.1, 0.15) is 0 Å². The molecule has 0 bridgehead atoms. The number of carbonyl (C=O) groups excluding carboxylic acids is 2. The van der Waals surface area contributed by atoms with Gasteiger partial charge in [-0.05, 0) is 31.0 Å². The summed E-state index contributed by atoms with van der Waals surface area (Å²) in [6.45, 7) is 2.02. The minimum Gasteiger partial charge on any atom is -0.339 e. The van der Waals surface area contributed by atoms with Crippen molar-refractivity contribution in [3.8, 4) is 6.07 Å². The molecule has 0 aliphatic heterocycles. The summed E-state index contributed by atoms with van der Waals surface area (Å²) in [5, 5.41) is 11.7. The normalized spacial score (nSPS) is 14.8. The van der Waals surface area contributed by atoms with E-state index in [9.17, 15) is 9.59 Å². The van der Waals surface area contributed by atoms with Gasteiger partial charge >= 0.3 is 0 Å². The summed E-state index contributed by atoms with van der Waals surface area (Å²) in [4.78, 5) is 25.8. The number of nitrogens with one attached hydrogen (secondary N) is 1. The Balaban J connectivity index is 1.88. The van der Waals surface area contributed by atoms with Crippen LogP contribution in [0.25, 0.3) is 0 Å². The highest BCUT2D eigenvalue weighted by Crippen LogP contribution is 2.23. The monoisotopic (exact) mass is 313 g/mol. The number of nitriles is 1. The van der Waals surface area contributed by atoms with Crippen molar-refractivity contribution in [2.24, 2.45) is 0 Å².